The molecule has 232 valence electrons. The molecular formula is C30H44N4O7S. The molecule has 11 nitrogen and oxygen atoms in total. The number of nitrogens with one attached hydrogen (secondary N) is 2. The van der Waals surface area contributed by atoms with E-state index in [2.05, 4.69) is 10.7 Å². The van der Waals surface area contributed by atoms with Gasteiger partial charge in [0.05, 0.1) is 23.6 Å². The van der Waals surface area contributed by atoms with E-state index in [-0.39, 0.29) is 55.1 Å². The number of rotatable bonds is 14. The van der Waals surface area contributed by atoms with Gasteiger partial charge < -0.3 is 19.9 Å². The Morgan fingerprint density at radius 3 is 2.24 bits per heavy atom. The smallest absolute Gasteiger partial charge is 0.252 e. The molecule has 1 unspecified atom stereocenters. The third-order valence-corrected chi connectivity index (χ3v) is 8.44. The highest BCUT2D eigenvalue weighted by atomic mass is 32.2. The predicted molar refractivity (Wildman–Crippen MR) is 159 cm³/mol. The van der Waals surface area contributed by atoms with E-state index in [4.69, 9.17) is 9.47 Å². The zero-order chi connectivity index (χ0) is 30.9. The number of nitrogens with zero attached hydrogens (tertiary/aromatic N) is 2. The van der Waals surface area contributed by atoms with E-state index in [9.17, 15) is 23.1 Å². The van der Waals surface area contributed by atoms with E-state index in [1.807, 2.05) is 58.0 Å². The van der Waals surface area contributed by atoms with Crippen molar-refractivity contribution in [3.8, 4) is 11.5 Å². The molecule has 12 heteroatoms. The minimum Gasteiger partial charge on any atom is -0.486 e. The molecule has 2 atom stereocenters. The van der Waals surface area contributed by atoms with Crippen molar-refractivity contribution in [1.29, 1.82) is 0 Å². The largest absolute Gasteiger partial charge is 0.486 e. The second-order valence-corrected chi connectivity index (χ2v) is 13.2. The lowest BCUT2D eigenvalue weighted by atomic mass is 9.99. The molecule has 0 radical (unpaired) electrons. The maximum Gasteiger partial charge on any atom is 0.252 e. The van der Waals surface area contributed by atoms with Gasteiger partial charge in [-0.05, 0) is 43.0 Å². The van der Waals surface area contributed by atoms with Gasteiger partial charge in [-0.1, -0.05) is 58.0 Å². The molecule has 0 fully saturated rings. The van der Waals surface area contributed by atoms with Gasteiger partial charge in [0.15, 0.2) is 11.5 Å². The van der Waals surface area contributed by atoms with Gasteiger partial charge in [0.25, 0.3) is 5.91 Å². The first-order chi connectivity index (χ1) is 19.9. The van der Waals surface area contributed by atoms with E-state index in [0.29, 0.717) is 24.7 Å². The average Bonchev–Trinajstić information content (AvgIpc) is 2.94. The van der Waals surface area contributed by atoms with E-state index < -0.39 is 28.1 Å². The van der Waals surface area contributed by atoms with Crippen molar-refractivity contribution in [3.63, 3.8) is 0 Å². The van der Waals surface area contributed by atoms with Gasteiger partial charge in [-0.3, -0.25) is 15.0 Å². The second-order valence-electron chi connectivity index (χ2n) is 11.3. The fourth-order valence-corrected chi connectivity index (χ4v) is 6.35. The summed E-state index contributed by atoms with van der Waals surface area (Å²) in [7, 11) is -2.48. The lowest BCUT2D eigenvalue weighted by molar-refractivity contribution is -0.148. The van der Waals surface area contributed by atoms with Crippen molar-refractivity contribution in [3.05, 3.63) is 54.1 Å². The molecule has 0 aliphatic carbocycles. The van der Waals surface area contributed by atoms with Crippen LogP contribution in [0.1, 0.15) is 39.7 Å². The summed E-state index contributed by atoms with van der Waals surface area (Å²) in [5.74, 6) is -0.0981. The standard InChI is InChI=1S/C30H44N4O7S/c1-21(2)15-30(37)34(32-29(36)18-31-5)25(16-23-9-7-6-8-10-23)26(35)20-33(19-22(3)4)42(38,39)24-11-12-27-28(17-24)41-14-13-40-27/h6-12,17,21-22,25-26,31,35H,13-16,18-20H2,1-5H3,(H,32,36)/t25?,26-/m1/s1. The summed E-state index contributed by atoms with van der Waals surface area (Å²) >= 11 is 0. The number of hydrazine groups is 1. The molecular weight excluding hydrogens is 560 g/mol. The number of sulfonamides is 1. The fourth-order valence-electron chi connectivity index (χ4n) is 4.71. The lowest BCUT2D eigenvalue weighted by Crippen LogP contribution is -2.60. The molecule has 0 spiro atoms. The average molecular weight is 605 g/mol. The monoisotopic (exact) mass is 604 g/mol. The Morgan fingerprint density at radius 1 is 0.952 bits per heavy atom. The van der Waals surface area contributed by atoms with Crippen LogP contribution in [0, 0.1) is 11.8 Å². The van der Waals surface area contributed by atoms with Crippen LogP contribution in [0.25, 0.3) is 0 Å². The number of aliphatic hydroxyl groups is 1. The number of aliphatic hydroxyl groups excluding tert-OH is 1. The molecule has 0 bridgehead atoms. The number of hydrogen-bond donors (Lipinski definition) is 3. The summed E-state index contributed by atoms with van der Waals surface area (Å²) in [6.07, 6.45) is -1.03. The Hall–Kier alpha value is -3.19. The summed E-state index contributed by atoms with van der Waals surface area (Å²) in [5.41, 5.74) is 3.48. The number of likely N-dealkylation sites (N-methyl/N-ethyl adjacent to an activating group) is 1. The van der Waals surface area contributed by atoms with Crippen LogP contribution < -0.4 is 20.2 Å². The topological polar surface area (TPSA) is 138 Å². The van der Waals surface area contributed by atoms with Crippen LogP contribution in [0.5, 0.6) is 11.5 Å². The van der Waals surface area contributed by atoms with Crippen molar-refractivity contribution in [2.75, 3.05) is 39.9 Å². The minimum atomic E-state index is -4.09. The summed E-state index contributed by atoms with van der Waals surface area (Å²) in [6.45, 7) is 8.01. The molecule has 2 aromatic rings. The molecule has 3 N–H and O–H groups in total. The van der Waals surface area contributed by atoms with Gasteiger partial charge >= 0.3 is 0 Å². The van der Waals surface area contributed by atoms with Crippen LogP contribution >= 0.6 is 0 Å². The Morgan fingerprint density at radius 2 is 1.62 bits per heavy atom. The van der Waals surface area contributed by atoms with Gasteiger partial charge in [0, 0.05) is 25.6 Å². The molecule has 0 aromatic heterocycles. The van der Waals surface area contributed by atoms with Crippen LogP contribution in [-0.2, 0) is 26.0 Å². The van der Waals surface area contributed by atoms with Crippen LogP contribution in [0.2, 0.25) is 0 Å². The van der Waals surface area contributed by atoms with Gasteiger partial charge in [-0.2, -0.15) is 4.31 Å². The van der Waals surface area contributed by atoms with E-state index in [1.54, 1.807) is 13.1 Å². The van der Waals surface area contributed by atoms with E-state index in [1.165, 1.54) is 21.4 Å². The van der Waals surface area contributed by atoms with Gasteiger partial charge in [0.1, 0.15) is 13.2 Å². The highest BCUT2D eigenvalue weighted by Crippen LogP contribution is 2.33. The first-order valence-corrected chi connectivity index (χ1v) is 15.7. The highest BCUT2D eigenvalue weighted by molar-refractivity contribution is 7.89. The Labute approximate surface area is 249 Å². The first kappa shape index (κ1) is 33.3. The molecule has 2 aromatic carbocycles. The molecule has 0 saturated carbocycles. The quantitative estimate of drug-likeness (QED) is 0.279. The van der Waals surface area contributed by atoms with Crippen LogP contribution in [0.3, 0.4) is 0 Å². The first-order valence-electron chi connectivity index (χ1n) is 14.3. The second kappa shape index (κ2) is 15.3. The molecule has 2 amide bonds. The molecule has 3 rings (SSSR count). The zero-order valence-electron chi connectivity index (χ0n) is 25.1. The van der Waals surface area contributed by atoms with Crippen molar-refractivity contribution < 1.29 is 32.6 Å². The van der Waals surface area contributed by atoms with Crippen LogP contribution in [0.4, 0.5) is 0 Å². The van der Waals surface area contributed by atoms with Gasteiger partial charge in [-0.15, -0.1) is 0 Å². The summed E-state index contributed by atoms with van der Waals surface area (Å²) in [5, 5.41) is 15.7. The Balaban J connectivity index is 2.00. The Kier molecular flexibility index (Phi) is 12.2. The SMILES string of the molecule is CNCC(=O)NN(C(=O)CC(C)C)C(Cc1ccccc1)[C@H](O)CN(CC(C)C)S(=O)(=O)c1ccc2c(c1)OCCO2. The van der Waals surface area contributed by atoms with Gasteiger partial charge in [-0.25, -0.2) is 13.4 Å². The number of fused-ring (bicyclic) bond motifs is 1. The zero-order valence-corrected chi connectivity index (χ0v) is 25.9. The van der Waals surface area contributed by atoms with Gasteiger partial charge in [0.2, 0.25) is 15.9 Å². The fraction of sp³-hybridized carbons (Fsp3) is 0.533. The third-order valence-electron chi connectivity index (χ3n) is 6.61. The van der Waals surface area contributed by atoms with Crippen molar-refractivity contribution in [2.45, 2.75) is 57.6 Å². The number of benzene rings is 2. The van der Waals surface area contributed by atoms with Crippen molar-refractivity contribution in [1.82, 2.24) is 20.1 Å². The maximum absolute atomic E-state index is 13.9. The molecule has 1 aliphatic rings. The summed E-state index contributed by atoms with van der Waals surface area (Å²) < 4.78 is 40.3. The minimum absolute atomic E-state index is 0.00859. The molecule has 0 saturated heterocycles. The van der Waals surface area contributed by atoms with Crippen molar-refractivity contribution in [2.24, 2.45) is 11.8 Å². The third kappa shape index (κ3) is 9.15. The van der Waals surface area contributed by atoms with E-state index in [0.717, 1.165) is 5.56 Å². The maximum atomic E-state index is 13.9. The van der Waals surface area contributed by atoms with Crippen molar-refractivity contribution >= 4 is 21.8 Å². The predicted octanol–water partition coefficient (Wildman–Crippen LogP) is 2.20. The van der Waals surface area contributed by atoms with E-state index >= 15 is 0 Å². The number of carbonyl (C=O) groups is 2. The molecule has 1 heterocycles. The number of carbonyl (C=O) groups excluding carboxylic acids is 2. The summed E-state index contributed by atoms with van der Waals surface area (Å²) in [4.78, 5) is 26.2. The molecule has 42 heavy (non-hydrogen) atoms. The number of ether oxygens (including phenoxy) is 2. The summed E-state index contributed by atoms with van der Waals surface area (Å²) in [6, 6.07) is 12.8. The Bertz CT molecular complexity index is 1290. The number of amides is 2. The number of hydrogen-bond acceptors (Lipinski definition) is 8. The van der Waals surface area contributed by atoms with Crippen LogP contribution in [0.15, 0.2) is 53.4 Å². The lowest BCUT2D eigenvalue weighted by Gasteiger charge is -2.37. The normalized spacial score (nSPS) is 14.6. The molecule has 1 aliphatic heterocycles. The van der Waals surface area contributed by atoms with Crippen LogP contribution in [-0.4, -0.2) is 86.7 Å². The highest BCUT2D eigenvalue weighted by Gasteiger charge is 2.36.